The third-order valence-electron chi connectivity index (χ3n) is 4.98. The summed E-state index contributed by atoms with van der Waals surface area (Å²) in [6.45, 7) is 4.68. The summed E-state index contributed by atoms with van der Waals surface area (Å²) in [5, 5.41) is 13.3. The van der Waals surface area contributed by atoms with Gasteiger partial charge in [0.1, 0.15) is 0 Å². The van der Waals surface area contributed by atoms with E-state index in [4.69, 9.17) is 0 Å². The molecule has 1 unspecified atom stereocenters. The molecule has 4 nitrogen and oxygen atoms in total. The number of carboxylic acid groups (broad SMARTS) is 1. The zero-order valence-electron chi connectivity index (χ0n) is 14.0. The number of nitrogens with zero attached hydrogens (tertiary/aromatic N) is 2. The van der Waals surface area contributed by atoms with E-state index in [1.54, 1.807) is 10.7 Å². The Hall–Kier alpha value is -2.10. The molecule has 4 heteroatoms. The maximum absolute atomic E-state index is 11.2. The molecule has 3 rings (SSSR count). The normalized spacial score (nSPS) is 20.4. The Morgan fingerprint density at radius 2 is 2.09 bits per heavy atom. The molecule has 0 aliphatic heterocycles. The van der Waals surface area contributed by atoms with Crippen LogP contribution >= 0.6 is 0 Å². The van der Waals surface area contributed by atoms with E-state index >= 15 is 0 Å². The van der Waals surface area contributed by atoms with Crippen LogP contribution in [-0.2, 0) is 7.05 Å². The van der Waals surface area contributed by atoms with Crippen molar-refractivity contribution in [3.63, 3.8) is 0 Å². The van der Waals surface area contributed by atoms with Gasteiger partial charge in [0.25, 0.3) is 0 Å². The van der Waals surface area contributed by atoms with E-state index in [1.165, 1.54) is 31.2 Å². The summed E-state index contributed by atoms with van der Waals surface area (Å²) in [5.74, 6) is -0.457. The smallest absolute Gasteiger partial charge is 0.356 e. The molecule has 1 aromatic carbocycles. The standard InChI is InChI=1S/C19H24N2O2/c1-19(2)10-6-7-13(12-19)14-8-4-5-9-15(14)17-11-16(18(22)23)20-21(17)3/h4-5,8-9,11,13H,6-7,10,12H2,1-3H3,(H,22,23). The highest BCUT2D eigenvalue weighted by molar-refractivity contribution is 5.87. The lowest BCUT2D eigenvalue weighted by molar-refractivity contribution is 0.0689. The van der Waals surface area contributed by atoms with Crippen molar-refractivity contribution in [3.05, 3.63) is 41.6 Å². The average molecular weight is 312 g/mol. The number of hydrogen-bond acceptors (Lipinski definition) is 2. The summed E-state index contributed by atoms with van der Waals surface area (Å²) in [4.78, 5) is 11.2. The first kappa shape index (κ1) is 15.8. The SMILES string of the molecule is Cn1nc(C(=O)O)cc1-c1ccccc1C1CCCC(C)(C)C1. The van der Waals surface area contributed by atoms with Crippen molar-refractivity contribution < 1.29 is 9.90 Å². The van der Waals surface area contributed by atoms with Crippen LogP contribution in [0.25, 0.3) is 11.3 Å². The highest BCUT2D eigenvalue weighted by Crippen LogP contribution is 2.45. The summed E-state index contributed by atoms with van der Waals surface area (Å²) in [5.41, 5.74) is 3.77. The van der Waals surface area contributed by atoms with Gasteiger partial charge in [-0.15, -0.1) is 0 Å². The van der Waals surface area contributed by atoms with Crippen LogP contribution in [0.4, 0.5) is 0 Å². The first-order chi connectivity index (χ1) is 10.9. The molecular weight excluding hydrogens is 288 g/mol. The molecule has 0 radical (unpaired) electrons. The van der Waals surface area contributed by atoms with E-state index in [9.17, 15) is 9.90 Å². The Morgan fingerprint density at radius 1 is 1.35 bits per heavy atom. The van der Waals surface area contributed by atoms with Gasteiger partial charge in [0.05, 0.1) is 5.69 Å². The summed E-state index contributed by atoms with van der Waals surface area (Å²) in [7, 11) is 1.81. The van der Waals surface area contributed by atoms with Crippen molar-refractivity contribution in [2.24, 2.45) is 12.5 Å². The fraction of sp³-hybridized carbons (Fsp3) is 0.474. The van der Waals surface area contributed by atoms with E-state index in [0.29, 0.717) is 11.3 Å². The number of hydrogen-bond donors (Lipinski definition) is 1. The predicted octanol–water partition coefficient (Wildman–Crippen LogP) is 4.47. The van der Waals surface area contributed by atoms with Crippen LogP contribution in [0.2, 0.25) is 0 Å². The first-order valence-corrected chi connectivity index (χ1v) is 8.24. The molecule has 2 aromatic rings. The third-order valence-corrected chi connectivity index (χ3v) is 4.98. The molecular formula is C19H24N2O2. The van der Waals surface area contributed by atoms with Gasteiger partial charge in [-0.3, -0.25) is 4.68 Å². The molecule has 1 aliphatic rings. The van der Waals surface area contributed by atoms with Crippen LogP contribution in [0.5, 0.6) is 0 Å². The van der Waals surface area contributed by atoms with Crippen LogP contribution < -0.4 is 0 Å². The van der Waals surface area contributed by atoms with Crippen molar-refractivity contribution in [3.8, 4) is 11.3 Å². The topological polar surface area (TPSA) is 55.1 Å². The Morgan fingerprint density at radius 3 is 2.74 bits per heavy atom. The number of aromatic nitrogens is 2. The number of rotatable bonds is 3. The van der Waals surface area contributed by atoms with Crippen molar-refractivity contribution in [1.82, 2.24) is 9.78 Å². The highest BCUT2D eigenvalue weighted by atomic mass is 16.4. The van der Waals surface area contributed by atoms with Gasteiger partial charge in [0, 0.05) is 12.6 Å². The third kappa shape index (κ3) is 3.16. The molecule has 1 aliphatic carbocycles. The van der Waals surface area contributed by atoms with Crippen LogP contribution in [-0.4, -0.2) is 20.9 Å². The van der Waals surface area contributed by atoms with Gasteiger partial charge in [-0.25, -0.2) is 4.79 Å². The monoisotopic (exact) mass is 312 g/mol. The lowest BCUT2D eigenvalue weighted by Gasteiger charge is -2.36. The van der Waals surface area contributed by atoms with E-state index in [0.717, 1.165) is 11.3 Å². The van der Waals surface area contributed by atoms with E-state index in [2.05, 4.69) is 37.1 Å². The van der Waals surface area contributed by atoms with Gasteiger partial charge in [0.2, 0.25) is 0 Å². The van der Waals surface area contributed by atoms with Gasteiger partial charge in [-0.05, 0) is 42.2 Å². The van der Waals surface area contributed by atoms with Crippen molar-refractivity contribution in [2.75, 3.05) is 0 Å². The fourth-order valence-electron chi connectivity index (χ4n) is 3.87. The highest BCUT2D eigenvalue weighted by Gasteiger charge is 2.30. The molecule has 1 fully saturated rings. The predicted molar refractivity (Wildman–Crippen MR) is 90.6 cm³/mol. The zero-order chi connectivity index (χ0) is 16.6. The first-order valence-electron chi connectivity index (χ1n) is 8.24. The van der Waals surface area contributed by atoms with Crippen LogP contribution in [0.1, 0.15) is 61.5 Å². The minimum absolute atomic E-state index is 0.0984. The van der Waals surface area contributed by atoms with Crippen LogP contribution in [0.3, 0.4) is 0 Å². The van der Waals surface area contributed by atoms with Gasteiger partial charge in [-0.2, -0.15) is 5.10 Å². The lowest BCUT2D eigenvalue weighted by Crippen LogP contribution is -2.21. The van der Waals surface area contributed by atoms with E-state index < -0.39 is 5.97 Å². The molecule has 122 valence electrons. The summed E-state index contributed by atoms with van der Waals surface area (Å²) in [6.07, 6.45) is 4.90. The number of benzene rings is 1. The molecule has 0 bridgehead atoms. The molecule has 1 atom stereocenters. The van der Waals surface area contributed by atoms with E-state index in [-0.39, 0.29) is 5.69 Å². The van der Waals surface area contributed by atoms with Gasteiger partial charge in [-0.1, -0.05) is 44.5 Å². The Bertz CT molecular complexity index is 731. The quantitative estimate of drug-likeness (QED) is 0.909. The maximum Gasteiger partial charge on any atom is 0.356 e. The fourth-order valence-corrected chi connectivity index (χ4v) is 3.87. The van der Waals surface area contributed by atoms with Crippen molar-refractivity contribution in [1.29, 1.82) is 0 Å². The van der Waals surface area contributed by atoms with Crippen LogP contribution in [0, 0.1) is 5.41 Å². The second kappa shape index (κ2) is 5.84. The Kier molecular flexibility index (Phi) is 4.00. The molecule has 23 heavy (non-hydrogen) atoms. The number of carboxylic acids is 1. The van der Waals surface area contributed by atoms with Gasteiger partial charge in [0.15, 0.2) is 5.69 Å². The maximum atomic E-state index is 11.2. The van der Waals surface area contributed by atoms with Crippen molar-refractivity contribution >= 4 is 5.97 Å². The minimum atomic E-state index is -0.983. The summed E-state index contributed by atoms with van der Waals surface area (Å²) < 4.78 is 1.68. The van der Waals surface area contributed by atoms with Crippen LogP contribution in [0.15, 0.2) is 30.3 Å². The second-order valence-corrected chi connectivity index (χ2v) is 7.39. The average Bonchev–Trinajstić information content (AvgIpc) is 2.88. The molecule has 1 aromatic heterocycles. The Balaban J connectivity index is 2.03. The summed E-state index contributed by atoms with van der Waals surface area (Å²) in [6, 6.07) is 10.0. The van der Waals surface area contributed by atoms with Gasteiger partial charge >= 0.3 is 5.97 Å². The largest absolute Gasteiger partial charge is 0.476 e. The number of aryl methyl sites for hydroxylation is 1. The number of carbonyl (C=O) groups is 1. The molecule has 0 spiro atoms. The van der Waals surface area contributed by atoms with E-state index in [1.807, 2.05) is 13.1 Å². The molecule has 1 N–H and O–H groups in total. The molecule has 0 amide bonds. The molecule has 0 saturated heterocycles. The van der Waals surface area contributed by atoms with Gasteiger partial charge < -0.3 is 5.11 Å². The minimum Gasteiger partial charge on any atom is -0.476 e. The second-order valence-electron chi connectivity index (χ2n) is 7.39. The number of aromatic carboxylic acids is 1. The van der Waals surface area contributed by atoms with Crippen molar-refractivity contribution in [2.45, 2.75) is 45.4 Å². The summed E-state index contributed by atoms with van der Waals surface area (Å²) >= 11 is 0. The zero-order valence-corrected chi connectivity index (χ0v) is 14.0. The lowest BCUT2D eigenvalue weighted by atomic mass is 9.69. The Labute approximate surface area is 137 Å². The molecule has 1 saturated carbocycles. The molecule has 1 heterocycles.